The molecule has 186 valence electrons. The summed E-state index contributed by atoms with van der Waals surface area (Å²) in [4.78, 5) is 13.2. The average Bonchev–Trinajstić information content (AvgIpc) is 3.49. The molecule has 0 saturated heterocycles. The topological polar surface area (TPSA) is 79.2 Å². The molecule has 0 bridgehead atoms. The normalized spacial score (nSPS) is 12.2. The van der Waals surface area contributed by atoms with Crippen LogP contribution >= 0.6 is 0 Å². The highest BCUT2D eigenvalue weighted by Crippen LogP contribution is 2.31. The van der Waals surface area contributed by atoms with Crippen LogP contribution in [-0.4, -0.2) is 39.1 Å². The molecular formula is C25H25F3N8. The molecule has 0 unspecified atom stereocenters. The highest BCUT2D eigenvalue weighted by molar-refractivity contribution is 5.79. The molecule has 4 heterocycles. The first-order chi connectivity index (χ1) is 17.0. The van der Waals surface area contributed by atoms with Crippen LogP contribution in [0.3, 0.4) is 0 Å². The van der Waals surface area contributed by atoms with Gasteiger partial charge in [0.2, 0.25) is 0 Å². The Morgan fingerprint density at radius 3 is 2.36 bits per heavy atom. The van der Waals surface area contributed by atoms with E-state index in [1.807, 2.05) is 37.0 Å². The lowest BCUT2D eigenvalue weighted by atomic mass is 10.1. The van der Waals surface area contributed by atoms with E-state index < -0.39 is 11.9 Å². The molecule has 0 aliphatic carbocycles. The van der Waals surface area contributed by atoms with Crippen molar-refractivity contribution in [2.45, 2.75) is 39.4 Å². The lowest BCUT2D eigenvalue weighted by Crippen LogP contribution is -2.07. The molecule has 0 N–H and O–H groups in total. The summed E-state index contributed by atoms with van der Waals surface area (Å²) >= 11 is 0. The van der Waals surface area contributed by atoms with Gasteiger partial charge in [0.25, 0.3) is 0 Å². The van der Waals surface area contributed by atoms with Gasteiger partial charge in [0.1, 0.15) is 22.6 Å². The number of imidazole rings is 1. The Kier molecular flexibility index (Phi) is 5.65. The molecule has 11 heteroatoms. The fourth-order valence-corrected chi connectivity index (χ4v) is 4.30. The highest BCUT2D eigenvalue weighted by Gasteiger charge is 2.34. The van der Waals surface area contributed by atoms with Crippen LogP contribution in [0.25, 0.3) is 33.9 Å². The van der Waals surface area contributed by atoms with Crippen LogP contribution < -0.4 is 0 Å². The lowest BCUT2D eigenvalue weighted by molar-refractivity contribution is -0.140. The molecule has 5 rings (SSSR count). The first kappa shape index (κ1) is 23.7. The van der Waals surface area contributed by atoms with Crippen molar-refractivity contribution < 1.29 is 13.2 Å². The number of nitrogens with zero attached hydrogens (tertiary/aromatic N) is 8. The zero-order valence-electron chi connectivity index (χ0n) is 20.5. The maximum atomic E-state index is 13.0. The first-order valence-electron chi connectivity index (χ1n) is 11.5. The fraction of sp³-hybridized carbons (Fsp3) is 0.320. The van der Waals surface area contributed by atoms with E-state index in [2.05, 4.69) is 34.0 Å². The molecule has 8 nitrogen and oxygen atoms in total. The van der Waals surface area contributed by atoms with Gasteiger partial charge >= 0.3 is 6.18 Å². The summed E-state index contributed by atoms with van der Waals surface area (Å²) in [7, 11) is 3.40. The molecule has 0 spiro atoms. The van der Waals surface area contributed by atoms with Crippen LogP contribution in [0.1, 0.15) is 42.4 Å². The van der Waals surface area contributed by atoms with Gasteiger partial charge in [0.05, 0.1) is 18.1 Å². The quantitative estimate of drug-likeness (QED) is 0.339. The van der Waals surface area contributed by atoms with E-state index in [4.69, 9.17) is 4.98 Å². The van der Waals surface area contributed by atoms with Gasteiger partial charge in [-0.15, -0.1) is 0 Å². The second-order valence-electron chi connectivity index (χ2n) is 9.14. The summed E-state index contributed by atoms with van der Waals surface area (Å²) in [5.41, 5.74) is 4.86. The third-order valence-electron chi connectivity index (χ3n) is 6.09. The Morgan fingerprint density at radius 1 is 1.00 bits per heavy atom. The largest absolute Gasteiger partial charge is 0.434 e. The highest BCUT2D eigenvalue weighted by atomic mass is 19.4. The minimum atomic E-state index is -4.48. The summed E-state index contributed by atoms with van der Waals surface area (Å²) < 4.78 is 44.1. The molecule has 0 amide bonds. The minimum absolute atomic E-state index is 0.158. The summed E-state index contributed by atoms with van der Waals surface area (Å²) in [6.45, 7) is 6.10. The predicted molar refractivity (Wildman–Crippen MR) is 129 cm³/mol. The maximum Gasteiger partial charge on any atom is 0.434 e. The first-order valence-corrected chi connectivity index (χ1v) is 11.5. The number of fused-ring (bicyclic) bond motifs is 1. The van der Waals surface area contributed by atoms with Gasteiger partial charge in [-0.2, -0.15) is 23.4 Å². The maximum absolute atomic E-state index is 13.0. The van der Waals surface area contributed by atoms with Gasteiger partial charge in [-0.1, -0.05) is 24.3 Å². The van der Waals surface area contributed by atoms with Gasteiger partial charge in [0, 0.05) is 38.3 Å². The number of alkyl halides is 3. The molecule has 0 fully saturated rings. The number of halogens is 3. The van der Waals surface area contributed by atoms with Crippen molar-refractivity contribution in [3.8, 4) is 22.9 Å². The van der Waals surface area contributed by atoms with Crippen LogP contribution in [0.4, 0.5) is 13.2 Å². The van der Waals surface area contributed by atoms with E-state index in [9.17, 15) is 13.2 Å². The third kappa shape index (κ3) is 4.14. The third-order valence-corrected chi connectivity index (χ3v) is 6.09. The van der Waals surface area contributed by atoms with Gasteiger partial charge in [-0.3, -0.25) is 9.36 Å². The van der Waals surface area contributed by atoms with E-state index >= 15 is 0 Å². The molecule has 0 aliphatic heterocycles. The van der Waals surface area contributed by atoms with Crippen LogP contribution in [0.5, 0.6) is 0 Å². The number of aryl methyl sites for hydroxylation is 3. The smallest absolute Gasteiger partial charge is 0.333 e. The zero-order valence-corrected chi connectivity index (χ0v) is 20.5. The van der Waals surface area contributed by atoms with Gasteiger partial charge < -0.3 is 4.57 Å². The van der Waals surface area contributed by atoms with Gasteiger partial charge in [-0.05, 0) is 31.9 Å². The van der Waals surface area contributed by atoms with E-state index in [-0.39, 0.29) is 11.9 Å². The number of hydrogen-bond donors (Lipinski definition) is 0. The van der Waals surface area contributed by atoms with Crippen molar-refractivity contribution in [1.29, 1.82) is 0 Å². The number of rotatable bonds is 5. The summed E-state index contributed by atoms with van der Waals surface area (Å²) in [5.74, 6) is 0.845. The molecule has 36 heavy (non-hydrogen) atoms. The standard InChI is InChI=1S/C25H25F3N8/c1-14(2)36-22(15(3)11-30-36)23-29-12-19-21(32-23)18(33-35(19)5)10-16-6-8-17(9-7-16)24-31-20(13-34(24)4)25(26,27)28/h6-9,11-14H,10H2,1-5H3. The van der Waals surface area contributed by atoms with Crippen LogP contribution in [0, 0.1) is 6.92 Å². The SMILES string of the molecule is Cc1cnn(C(C)C)c1-c1ncc2c(n1)c(Cc1ccc(-c3nc(C(F)(F)F)cn3C)cc1)nn2C. The molecule has 0 saturated carbocycles. The molecule has 4 aromatic heterocycles. The monoisotopic (exact) mass is 494 g/mol. The summed E-state index contributed by atoms with van der Waals surface area (Å²) in [5, 5.41) is 9.13. The summed E-state index contributed by atoms with van der Waals surface area (Å²) in [6.07, 6.45) is 0.599. The van der Waals surface area contributed by atoms with Crippen molar-refractivity contribution in [2.24, 2.45) is 14.1 Å². The van der Waals surface area contributed by atoms with E-state index in [1.54, 1.807) is 30.1 Å². The van der Waals surface area contributed by atoms with Crippen molar-refractivity contribution in [1.82, 2.24) is 39.1 Å². The fourth-order valence-electron chi connectivity index (χ4n) is 4.30. The van der Waals surface area contributed by atoms with E-state index in [1.165, 1.54) is 4.57 Å². The molecular weight excluding hydrogens is 469 g/mol. The second-order valence-corrected chi connectivity index (χ2v) is 9.14. The molecule has 0 atom stereocenters. The molecule has 1 aromatic carbocycles. The van der Waals surface area contributed by atoms with Crippen molar-refractivity contribution in [3.63, 3.8) is 0 Å². The Balaban J connectivity index is 1.48. The van der Waals surface area contributed by atoms with Crippen LogP contribution in [0.2, 0.25) is 0 Å². The lowest BCUT2D eigenvalue weighted by Gasteiger charge is -2.11. The Hall–Kier alpha value is -4.02. The number of hydrogen-bond acceptors (Lipinski definition) is 5. The minimum Gasteiger partial charge on any atom is -0.333 e. The molecule has 5 aromatic rings. The number of aromatic nitrogens is 8. The van der Waals surface area contributed by atoms with E-state index in [0.29, 0.717) is 17.8 Å². The van der Waals surface area contributed by atoms with E-state index in [0.717, 1.165) is 39.7 Å². The second kappa shape index (κ2) is 8.58. The van der Waals surface area contributed by atoms with Gasteiger partial charge in [0.15, 0.2) is 11.5 Å². The van der Waals surface area contributed by atoms with Crippen molar-refractivity contribution >= 4 is 11.0 Å². The molecule has 0 aliphatic rings. The Morgan fingerprint density at radius 2 is 1.72 bits per heavy atom. The Labute approximate surface area is 205 Å². The van der Waals surface area contributed by atoms with Crippen LogP contribution in [-0.2, 0) is 26.7 Å². The summed E-state index contributed by atoms with van der Waals surface area (Å²) in [6, 6.07) is 7.45. The van der Waals surface area contributed by atoms with Gasteiger partial charge in [-0.25, -0.2) is 15.0 Å². The average molecular weight is 495 g/mol. The number of benzene rings is 1. The zero-order chi connectivity index (χ0) is 25.8. The van der Waals surface area contributed by atoms with Crippen molar-refractivity contribution in [3.05, 3.63) is 65.4 Å². The van der Waals surface area contributed by atoms with Crippen molar-refractivity contribution in [2.75, 3.05) is 0 Å². The Bertz CT molecular complexity index is 1550. The molecule has 0 radical (unpaired) electrons. The predicted octanol–water partition coefficient (Wildman–Crippen LogP) is 5.13. The van der Waals surface area contributed by atoms with Crippen LogP contribution in [0.15, 0.2) is 42.9 Å².